The van der Waals surface area contributed by atoms with E-state index in [-0.39, 0.29) is 22.9 Å². The largest absolute Gasteiger partial charge is 0.478 e. The number of para-hydroxylation sites is 1. The van der Waals surface area contributed by atoms with Gasteiger partial charge < -0.3 is 15.2 Å². The molecule has 0 bridgehead atoms. The smallest absolute Gasteiger partial charge is 0.339 e. The Morgan fingerprint density at radius 2 is 2.00 bits per heavy atom. The predicted octanol–water partition coefficient (Wildman–Crippen LogP) is 1.93. The van der Waals surface area contributed by atoms with Crippen molar-refractivity contribution in [3.8, 4) is 11.5 Å². The van der Waals surface area contributed by atoms with Crippen LogP contribution in [-0.4, -0.2) is 29.0 Å². The van der Waals surface area contributed by atoms with Crippen molar-refractivity contribution in [3.05, 3.63) is 53.9 Å². The first kappa shape index (κ1) is 13.5. The van der Waals surface area contributed by atoms with Crippen molar-refractivity contribution in [2.24, 2.45) is 0 Å². The Balaban J connectivity index is 2.31. The van der Waals surface area contributed by atoms with Crippen LogP contribution in [0.15, 0.2) is 42.6 Å². The second-order valence-corrected chi connectivity index (χ2v) is 3.86. The number of benzene rings is 1. The molecule has 20 heavy (non-hydrogen) atoms. The second-order valence-electron chi connectivity index (χ2n) is 3.86. The van der Waals surface area contributed by atoms with Gasteiger partial charge in [0, 0.05) is 19.3 Å². The minimum absolute atomic E-state index is 0.0470. The summed E-state index contributed by atoms with van der Waals surface area (Å²) in [5.74, 6) is -0.885. The van der Waals surface area contributed by atoms with Gasteiger partial charge in [0.05, 0.1) is 0 Å². The Morgan fingerprint density at radius 3 is 2.70 bits per heavy atom. The number of carboxylic acids is 1. The number of aromatic nitrogens is 1. The third-order valence-corrected chi connectivity index (χ3v) is 2.54. The topological polar surface area (TPSA) is 88.5 Å². The molecule has 0 unspecified atom stereocenters. The number of nitrogens with zero attached hydrogens (tertiary/aromatic N) is 1. The summed E-state index contributed by atoms with van der Waals surface area (Å²) in [6.45, 7) is 0. The summed E-state index contributed by atoms with van der Waals surface area (Å²) in [5.41, 5.74) is 0.239. The molecule has 1 amide bonds. The fourth-order valence-electron chi connectivity index (χ4n) is 1.59. The number of ether oxygens (including phenoxy) is 1. The van der Waals surface area contributed by atoms with Crippen LogP contribution in [0.5, 0.6) is 11.5 Å². The number of hydrogen-bond donors (Lipinski definition) is 2. The number of carbonyl (C=O) groups excluding carboxylic acids is 1. The number of nitrogens with one attached hydrogen (secondary N) is 1. The van der Waals surface area contributed by atoms with Crippen LogP contribution in [-0.2, 0) is 0 Å². The first-order valence-electron chi connectivity index (χ1n) is 5.80. The van der Waals surface area contributed by atoms with E-state index in [9.17, 15) is 9.59 Å². The molecule has 0 spiro atoms. The van der Waals surface area contributed by atoms with Gasteiger partial charge in [-0.1, -0.05) is 12.1 Å². The SMILES string of the molecule is CNC(=O)c1cc(Oc2ccccc2C(=O)O)ccn1. The minimum Gasteiger partial charge on any atom is -0.478 e. The third-order valence-electron chi connectivity index (χ3n) is 2.54. The highest BCUT2D eigenvalue weighted by molar-refractivity contribution is 5.92. The summed E-state index contributed by atoms with van der Waals surface area (Å²) in [6, 6.07) is 9.26. The lowest BCUT2D eigenvalue weighted by atomic mass is 10.2. The van der Waals surface area contributed by atoms with Gasteiger partial charge in [-0.05, 0) is 18.2 Å². The van der Waals surface area contributed by atoms with E-state index in [0.29, 0.717) is 5.75 Å². The average molecular weight is 272 g/mol. The lowest BCUT2D eigenvalue weighted by Crippen LogP contribution is -2.19. The van der Waals surface area contributed by atoms with Gasteiger partial charge >= 0.3 is 5.97 Å². The molecular formula is C14H12N2O4. The highest BCUT2D eigenvalue weighted by Gasteiger charge is 2.12. The highest BCUT2D eigenvalue weighted by Crippen LogP contribution is 2.25. The molecule has 0 aliphatic heterocycles. The number of pyridine rings is 1. The van der Waals surface area contributed by atoms with Crippen molar-refractivity contribution in [3.63, 3.8) is 0 Å². The van der Waals surface area contributed by atoms with Gasteiger partial charge in [0.15, 0.2) is 0 Å². The molecule has 2 N–H and O–H groups in total. The molecule has 0 saturated heterocycles. The number of amides is 1. The fourth-order valence-corrected chi connectivity index (χ4v) is 1.59. The van der Waals surface area contributed by atoms with Gasteiger partial charge in [-0.3, -0.25) is 9.78 Å². The molecule has 0 saturated carbocycles. The summed E-state index contributed by atoms with van der Waals surface area (Å²) in [6.07, 6.45) is 1.42. The number of rotatable bonds is 4. The number of hydrogen-bond acceptors (Lipinski definition) is 4. The molecule has 6 heteroatoms. The maximum Gasteiger partial charge on any atom is 0.339 e. The van der Waals surface area contributed by atoms with Crippen LogP contribution < -0.4 is 10.1 Å². The second kappa shape index (κ2) is 5.83. The van der Waals surface area contributed by atoms with Crippen LogP contribution in [0.2, 0.25) is 0 Å². The van der Waals surface area contributed by atoms with E-state index >= 15 is 0 Å². The van der Waals surface area contributed by atoms with Crippen LogP contribution in [0, 0.1) is 0 Å². The van der Waals surface area contributed by atoms with Crippen LogP contribution in [0.3, 0.4) is 0 Å². The molecule has 1 aromatic carbocycles. The molecule has 0 aliphatic carbocycles. The van der Waals surface area contributed by atoms with Gasteiger partial charge in [-0.2, -0.15) is 0 Å². The zero-order valence-corrected chi connectivity index (χ0v) is 10.7. The first-order chi connectivity index (χ1) is 9.61. The third kappa shape index (κ3) is 2.92. The maximum atomic E-state index is 11.5. The molecule has 0 aliphatic rings. The maximum absolute atomic E-state index is 11.5. The van der Waals surface area contributed by atoms with Crippen LogP contribution in [0.25, 0.3) is 0 Å². The molecule has 1 heterocycles. The van der Waals surface area contributed by atoms with Crippen LogP contribution >= 0.6 is 0 Å². The Bertz CT molecular complexity index is 655. The van der Waals surface area contributed by atoms with E-state index in [2.05, 4.69) is 10.3 Å². The molecule has 6 nitrogen and oxygen atoms in total. The summed E-state index contributed by atoms with van der Waals surface area (Å²) in [4.78, 5) is 26.4. The summed E-state index contributed by atoms with van der Waals surface area (Å²) < 4.78 is 5.51. The monoisotopic (exact) mass is 272 g/mol. The molecule has 102 valence electrons. The fraction of sp³-hybridized carbons (Fsp3) is 0.0714. The Kier molecular flexibility index (Phi) is 3.95. The average Bonchev–Trinajstić information content (AvgIpc) is 2.47. The molecule has 1 aromatic heterocycles. The summed E-state index contributed by atoms with van der Waals surface area (Å²) in [5, 5.41) is 11.5. The van der Waals surface area contributed by atoms with Crippen molar-refractivity contribution < 1.29 is 19.4 Å². The van der Waals surface area contributed by atoms with Crippen molar-refractivity contribution in [1.82, 2.24) is 10.3 Å². The van der Waals surface area contributed by atoms with Crippen molar-refractivity contribution in [1.29, 1.82) is 0 Å². The van der Waals surface area contributed by atoms with E-state index in [1.807, 2.05) is 0 Å². The molecule has 2 rings (SSSR count). The quantitative estimate of drug-likeness (QED) is 0.887. The molecule has 0 atom stereocenters. The predicted molar refractivity (Wildman–Crippen MR) is 71.1 cm³/mol. The Labute approximate surface area is 115 Å². The normalized spacial score (nSPS) is 9.85. The number of carbonyl (C=O) groups is 2. The zero-order valence-electron chi connectivity index (χ0n) is 10.7. The summed E-state index contributed by atoms with van der Waals surface area (Å²) in [7, 11) is 1.50. The van der Waals surface area contributed by atoms with Gasteiger partial charge in [-0.25, -0.2) is 4.79 Å². The van der Waals surface area contributed by atoms with Crippen LogP contribution in [0.1, 0.15) is 20.8 Å². The Morgan fingerprint density at radius 1 is 1.25 bits per heavy atom. The van der Waals surface area contributed by atoms with Gasteiger partial charge in [0.2, 0.25) is 0 Å². The molecule has 2 aromatic rings. The molecule has 0 radical (unpaired) electrons. The van der Waals surface area contributed by atoms with E-state index in [1.165, 1.54) is 25.4 Å². The zero-order chi connectivity index (χ0) is 14.5. The molecule has 0 fully saturated rings. The Hall–Kier alpha value is -2.89. The van der Waals surface area contributed by atoms with Gasteiger partial charge in [-0.15, -0.1) is 0 Å². The lowest BCUT2D eigenvalue weighted by Gasteiger charge is -2.09. The number of aromatic carboxylic acids is 1. The van der Waals surface area contributed by atoms with Crippen molar-refractivity contribution in [2.45, 2.75) is 0 Å². The van der Waals surface area contributed by atoms with Crippen molar-refractivity contribution in [2.75, 3.05) is 7.05 Å². The standard InChI is InChI=1S/C14H12N2O4/c1-15-13(17)11-8-9(6-7-16-11)20-12-5-3-2-4-10(12)14(18)19/h2-8H,1H3,(H,15,17)(H,18,19). The van der Waals surface area contributed by atoms with Crippen molar-refractivity contribution >= 4 is 11.9 Å². The number of carboxylic acid groups (broad SMARTS) is 1. The van der Waals surface area contributed by atoms with E-state index < -0.39 is 5.97 Å². The highest BCUT2D eigenvalue weighted by atomic mass is 16.5. The molecular weight excluding hydrogens is 260 g/mol. The van der Waals surface area contributed by atoms with Gasteiger partial charge in [0.1, 0.15) is 22.8 Å². The summed E-state index contributed by atoms with van der Waals surface area (Å²) >= 11 is 0. The first-order valence-corrected chi connectivity index (χ1v) is 5.80. The van der Waals surface area contributed by atoms with Crippen LogP contribution in [0.4, 0.5) is 0 Å². The minimum atomic E-state index is -1.08. The van der Waals surface area contributed by atoms with E-state index in [4.69, 9.17) is 9.84 Å². The van der Waals surface area contributed by atoms with E-state index in [1.54, 1.807) is 24.3 Å². The lowest BCUT2D eigenvalue weighted by molar-refractivity contribution is 0.0694. The van der Waals surface area contributed by atoms with E-state index in [0.717, 1.165) is 0 Å². The van der Waals surface area contributed by atoms with Gasteiger partial charge in [0.25, 0.3) is 5.91 Å².